The SMILES string of the molecule is C=C(Cl)CNC(=O)Cc1ccc(S)cc1. The summed E-state index contributed by atoms with van der Waals surface area (Å²) in [4.78, 5) is 12.3. The molecule has 1 rings (SSSR count). The molecule has 1 aromatic carbocycles. The number of carbonyl (C=O) groups is 1. The molecule has 0 aliphatic carbocycles. The van der Waals surface area contributed by atoms with Crippen LogP contribution in [0.2, 0.25) is 0 Å². The lowest BCUT2D eigenvalue weighted by molar-refractivity contribution is -0.120. The number of rotatable bonds is 4. The third-order valence-corrected chi connectivity index (χ3v) is 2.21. The van der Waals surface area contributed by atoms with E-state index in [1.54, 1.807) is 0 Å². The summed E-state index contributed by atoms with van der Waals surface area (Å²) in [6.45, 7) is 3.80. The molecule has 0 saturated carbocycles. The van der Waals surface area contributed by atoms with Crippen LogP contribution in [0.5, 0.6) is 0 Å². The molecule has 4 heteroatoms. The zero-order valence-electron chi connectivity index (χ0n) is 8.16. The summed E-state index contributed by atoms with van der Waals surface area (Å²) in [5.41, 5.74) is 0.950. The average molecular weight is 242 g/mol. The Labute approximate surface area is 99.7 Å². The average Bonchev–Trinajstić information content (AvgIpc) is 2.19. The molecule has 0 saturated heterocycles. The first kappa shape index (κ1) is 12.1. The van der Waals surface area contributed by atoms with Gasteiger partial charge in [0.2, 0.25) is 5.91 Å². The lowest BCUT2D eigenvalue weighted by atomic mass is 10.1. The number of halogens is 1. The molecule has 0 heterocycles. The minimum absolute atomic E-state index is 0.0660. The number of nitrogens with one attached hydrogen (secondary N) is 1. The van der Waals surface area contributed by atoms with Gasteiger partial charge in [-0.05, 0) is 17.7 Å². The maximum atomic E-state index is 11.4. The molecule has 0 aliphatic rings. The summed E-state index contributed by atoms with van der Waals surface area (Å²) < 4.78 is 0. The van der Waals surface area contributed by atoms with Gasteiger partial charge >= 0.3 is 0 Å². The molecule has 1 amide bonds. The highest BCUT2D eigenvalue weighted by Gasteiger charge is 2.02. The number of benzene rings is 1. The molecule has 0 bridgehead atoms. The van der Waals surface area contributed by atoms with Crippen molar-refractivity contribution < 1.29 is 4.79 Å². The molecule has 0 aromatic heterocycles. The standard InChI is InChI=1S/C11H12ClNOS/c1-8(12)7-13-11(14)6-9-2-4-10(15)5-3-9/h2-5,15H,1,6-7H2,(H,13,14). The van der Waals surface area contributed by atoms with E-state index < -0.39 is 0 Å². The van der Waals surface area contributed by atoms with Gasteiger partial charge in [-0.15, -0.1) is 12.6 Å². The van der Waals surface area contributed by atoms with Crippen molar-refractivity contribution in [3.05, 3.63) is 41.4 Å². The molecule has 0 radical (unpaired) electrons. The third kappa shape index (κ3) is 4.91. The van der Waals surface area contributed by atoms with Crippen LogP contribution in [0.1, 0.15) is 5.56 Å². The third-order valence-electron chi connectivity index (χ3n) is 1.78. The van der Waals surface area contributed by atoms with Crippen molar-refractivity contribution in [2.24, 2.45) is 0 Å². The van der Waals surface area contributed by atoms with E-state index in [2.05, 4.69) is 24.5 Å². The van der Waals surface area contributed by atoms with Crippen molar-refractivity contribution in [2.75, 3.05) is 6.54 Å². The Hall–Kier alpha value is -0.930. The summed E-state index contributed by atoms with van der Waals surface area (Å²) in [5.74, 6) is -0.0660. The van der Waals surface area contributed by atoms with E-state index in [4.69, 9.17) is 11.6 Å². The van der Waals surface area contributed by atoms with Crippen molar-refractivity contribution in [1.29, 1.82) is 0 Å². The van der Waals surface area contributed by atoms with Crippen LogP contribution >= 0.6 is 24.2 Å². The number of hydrogen-bond donors (Lipinski definition) is 2. The highest BCUT2D eigenvalue weighted by Crippen LogP contribution is 2.08. The number of amides is 1. The molecule has 1 aromatic rings. The van der Waals surface area contributed by atoms with E-state index in [1.165, 1.54) is 0 Å². The van der Waals surface area contributed by atoms with Gasteiger partial charge in [0.1, 0.15) is 0 Å². The first-order chi connectivity index (χ1) is 7.08. The molecule has 0 atom stereocenters. The summed E-state index contributed by atoms with van der Waals surface area (Å²) in [7, 11) is 0. The molecular formula is C11H12ClNOS. The zero-order chi connectivity index (χ0) is 11.3. The van der Waals surface area contributed by atoms with Crippen LogP contribution in [0.3, 0.4) is 0 Å². The topological polar surface area (TPSA) is 29.1 Å². The second-order valence-corrected chi connectivity index (χ2v) is 4.19. The van der Waals surface area contributed by atoms with Gasteiger partial charge in [0.05, 0.1) is 13.0 Å². The molecule has 80 valence electrons. The van der Waals surface area contributed by atoms with Crippen LogP contribution in [0.4, 0.5) is 0 Å². The van der Waals surface area contributed by atoms with Crippen molar-refractivity contribution >= 4 is 30.1 Å². The molecule has 15 heavy (non-hydrogen) atoms. The summed E-state index contributed by atoms with van der Waals surface area (Å²) in [6, 6.07) is 7.45. The maximum Gasteiger partial charge on any atom is 0.224 e. The maximum absolute atomic E-state index is 11.4. The van der Waals surface area contributed by atoms with Gasteiger partial charge in [0.25, 0.3) is 0 Å². The van der Waals surface area contributed by atoms with Crippen LogP contribution in [0.15, 0.2) is 40.8 Å². The lowest BCUT2D eigenvalue weighted by Crippen LogP contribution is -2.26. The lowest BCUT2D eigenvalue weighted by Gasteiger charge is -2.03. The van der Waals surface area contributed by atoms with E-state index in [-0.39, 0.29) is 5.91 Å². The molecule has 0 spiro atoms. The van der Waals surface area contributed by atoms with Crippen molar-refractivity contribution in [3.63, 3.8) is 0 Å². The van der Waals surface area contributed by atoms with E-state index in [0.29, 0.717) is 18.0 Å². The Morgan fingerprint density at radius 2 is 2.00 bits per heavy atom. The smallest absolute Gasteiger partial charge is 0.224 e. The first-order valence-electron chi connectivity index (χ1n) is 4.46. The second kappa shape index (κ2) is 5.83. The molecule has 1 N–H and O–H groups in total. The fourth-order valence-electron chi connectivity index (χ4n) is 1.06. The Kier molecular flexibility index (Phi) is 4.72. The number of thiol groups is 1. The summed E-state index contributed by atoms with van der Waals surface area (Å²) in [5, 5.41) is 3.08. The van der Waals surface area contributed by atoms with Gasteiger partial charge < -0.3 is 5.32 Å². The van der Waals surface area contributed by atoms with Crippen molar-refractivity contribution in [1.82, 2.24) is 5.32 Å². The normalized spacial score (nSPS) is 9.73. The monoisotopic (exact) mass is 241 g/mol. The van der Waals surface area contributed by atoms with Crippen LogP contribution in [0, 0.1) is 0 Å². The van der Waals surface area contributed by atoms with Gasteiger partial charge in [-0.25, -0.2) is 0 Å². The van der Waals surface area contributed by atoms with Crippen molar-refractivity contribution in [2.45, 2.75) is 11.3 Å². The summed E-state index contributed by atoms with van der Waals surface area (Å²) >= 11 is 9.69. The van der Waals surface area contributed by atoms with Crippen LogP contribution in [-0.4, -0.2) is 12.5 Å². The predicted octanol–water partition coefficient (Wildman–Crippen LogP) is 2.39. The van der Waals surface area contributed by atoms with E-state index in [0.717, 1.165) is 10.5 Å². The first-order valence-corrected chi connectivity index (χ1v) is 5.28. The fourth-order valence-corrected chi connectivity index (χ4v) is 1.27. The molecule has 2 nitrogen and oxygen atoms in total. The second-order valence-electron chi connectivity index (χ2n) is 3.14. The zero-order valence-corrected chi connectivity index (χ0v) is 9.81. The van der Waals surface area contributed by atoms with Crippen LogP contribution in [-0.2, 0) is 11.2 Å². The van der Waals surface area contributed by atoms with Gasteiger partial charge in [-0.1, -0.05) is 30.3 Å². The van der Waals surface area contributed by atoms with Gasteiger partial charge in [-0.2, -0.15) is 0 Å². The van der Waals surface area contributed by atoms with Crippen molar-refractivity contribution in [3.8, 4) is 0 Å². The fraction of sp³-hybridized carbons (Fsp3) is 0.182. The Balaban J connectivity index is 2.44. The molecule has 0 aliphatic heterocycles. The number of carbonyl (C=O) groups excluding carboxylic acids is 1. The quantitative estimate of drug-likeness (QED) is 0.779. The van der Waals surface area contributed by atoms with Gasteiger partial charge in [-0.3, -0.25) is 4.79 Å². The van der Waals surface area contributed by atoms with E-state index in [1.807, 2.05) is 24.3 Å². The predicted molar refractivity (Wildman–Crippen MR) is 65.4 cm³/mol. The van der Waals surface area contributed by atoms with Crippen LogP contribution < -0.4 is 5.32 Å². The van der Waals surface area contributed by atoms with Gasteiger partial charge in [0.15, 0.2) is 0 Å². The molecule has 0 unspecified atom stereocenters. The Morgan fingerprint density at radius 3 is 2.53 bits per heavy atom. The van der Waals surface area contributed by atoms with E-state index >= 15 is 0 Å². The minimum Gasteiger partial charge on any atom is -0.351 e. The van der Waals surface area contributed by atoms with Gasteiger partial charge in [0, 0.05) is 9.93 Å². The molecule has 0 fully saturated rings. The minimum atomic E-state index is -0.0660. The summed E-state index contributed by atoms with van der Waals surface area (Å²) in [6.07, 6.45) is 0.345. The largest absolute Gasteiger partial charge is 0.351 e. The molecular weight excluding hydrogens is 230 g/mol. The highest BCUT2D eigenvalue weighted by atomic mass is 35.5. The highest BCUT2D eigenvalue weighted by molar-refractivity contribution is 7.80. The Morgan fingerprint density at radius 1 is 1.40 bits per heavy atom. The van der Waals surface area contributed by atoms with E-state index in [9.17, 15) is 4.79 Å². The van der Waals surface area contributed by atoms with Crippen LogP contribution in [0.25, 0.3) is 0 Å². The Bertz CT molecular complexity index is 361. The number of hydrogen-bond acceptors (Lipinski definition) is 2.